The summed E-state index contributed by atoms with van der Waals surface area (Å²) >= 11 is 0. The number of rotatable bonds is 0. The van der Waals surface area contributed by atoms with Gasteiger partial charge in [-0.1, -0.05) is 39.0 Å². The molecule has 2 heterocycles. The number of para-hydroxylation sites is 1. The summed E-state index contributed by atoms with van der Waals surface area (Å²) in [6, 6.07) is 12.4. The van der Waals surface area contributed by atoms with Crippen molar-refractivity contribution in [3.05, 3.63) is 53.3 Å². The van der Waals surface area contributed by atoms with E-state index in [0.29, 0.717) is 0 Å². The van der Waals surface area contributed by atoms with Gasteiger partial charge in [0.15, 0.2) is 0 Å². The summed E-state index contributed by atoms with van der Waals surface area (Å²) < 4.78 is 6.01. The number of fused-ring (bicyclic) bond motifs is 2. The van der Waals surface area contributed by atoms with Crippen LogP contribution < -0.4 is 4.74 Å². The van der Waals surface area contributed by atoms with Crippen molar-refractivity contribution in [2.75, 3.05) is 0 Å². The zero-order chi connectivity index (χ0) is 13.5. The van der Waals surface area contributed by atoms with E-state index in [1.165, 1.54) is 5.56 Å². The molecule has 0 saturated heterocycles. The Bertz CT molecular complexity index is 611. The maximum atomic E-state index is 6.01. The Morgan fingerprint density at radius 3 is 2.53 bits per heavy atom. The quantitative estimate of drug-likeness (QED) is 0.699. The lowest BCUT2D eigenvalue weighted by Crippen LogP contribution is -2.14. The van der Waals surface area contributed by atoms with Crippen LogP contribution in [0.15, 0.2) is 36.4 Å². The molecule has 1 aliphatic heterocycles. The molecule has 0 N–H and O–H groups in total. The molecule has 2 heteroatoms. The molecule has 0 bridgehead atoms. The van der Waals surface area contributed by atoms with Crippen molar-refractivity contribution >= 4 is 0 Å². The second kappa shape index (κ2) is 4.37. The minimum absolute atomic E-state index is 0.0776. The van der Waals surface area contributed by atoms with Crippen molar-refractivity contribution in [3.8, 4) is 11.5 Å². The third kappa shape index (κ3) is 2.35. The maximum absolute atomic E-state index is 6.01. The molecule has 0 atom stereocenters. The molecule has 0 saturated carbocycles. The third-order valence-corrected chi connectivity index (χ3v) is 3.52. The van der Waals surface area contributed by atoms with E-state index >= 15 is 0 Å². The normalized spacial score (nSPS) is 14.1. The molecule has 98 valence electrons. The molecule has 0 amide bonds. The molecule has 3 rings (SSSR count). The van der Waals surface area contributed by atoms with E-state index in [1.807, 2.05) is 12.1 Å². The first-order valence-corrected chi connectivity index (χ1v) is 6.80. The van der Waals surface area contributed by atoms with Crippen molar-refractivity contribution in [2.45, 2.75) is 39.0 Å². The van der Waals surface area contributed by atoms with Gasteiger partial charge < -0.3 is 4.74 Å². The van der Waals surface area contributed by atoms with Crippen molar-refractivity contribution in [2.24, 2.45) is 0 Å². The number of benzene rings is 1. The first-order chi connectivity index (χ1) is 9.04. The van der Waals surface area contributed by atoms with E-state index in [4.69, 9.17) is 9.72 Å². The summed E-state index contributed by atoms with van der Waals surface area (Å²) in [5.74, 6) is 1.87. The van der Waals surface area contributed by atoms with Crippen LogP contribution in [-0.2, 0) is 18.3 Å². The van der Waals surface area contributed by atoms with Crippen LogP contribution >= 0.6 is 0 Å². The number of hydrogen-bond donors (Lipinski definition) is 0. The van der Waals surface area contributed by atoms with E-state index in [9.17, 15) is 0 Å². The molecule has 1 aromatic heterocycles. The summed E-state index contributed by atoms with van der Waals surface area (Å²) in [6.07, 6.45) is 1.93. The predicted molar refractivity (Wildman–Crippen MR) is 76.9 cm³/mol. The zero-order valence-electron chi connectivity index (χ0n) is 11.7. The second-order valence-corrected chi connectivity index (χ2v) is 6.10. The van der Waals surface area contributed by atoms with Gasteiger partial charge >= 0.3 is 0 Å². The highest BCUT2D eigenvalue weighted by Gasteiger charge is 2.20. The first kappa shape index (κ1) is 12.2. The highest BCUT2D eigenvalue weighted by molar-refractivity contribution is 5.43. The predicted octanol–water partition coefficient (Wildman–Crippen LogP) is 4.27. The van der Waals surface area contributed by atoms with E-state index in [-0.39, 0.29) is 5.41 Å². The fourth-order valence-corrected chi connectivity index (χ4v) is 2.36. The molecule has 0 radical (unpaired) electrons. The van der Waals surface area contributed by atoms with Gasteiger partial charge in [0.2, 0.25) is 0 Å². The Balaban J connectivity index is 2.02. The Morgan fingerprint density at radius 1 is 0.947 bits per heavy atom. The highest BCUT2D eigenvalue weighted by atomic mass is 16.5. The number of hydrogen-bond acceptors (Lipinski definition) is 2. The highest BCUT2D eigenvalue weighted by Crippen LogP contribution is 2.34. The molecule has 1 aromatic carbocycles. The van der Waals surface area contributed by atoms with E-state index in [1.54, 1.807) is 0 Å². The second-order valence-electron chi connectivity index (χ2n) is 6.10. The van der Waals surface area contributed by atoms with Crippen LogP contribution in [0.5, 0.6) is 11.5 Å². The summed E-state index contributed by atoms with van der Waals surface area (Å²) in [7, 11) is 0. The lowest BCUT2D eigenvalue weighted by molar-refractivity contribution is 0.472. The molecule has 1 aliphatic rings. The first-order valence-electron chi connectivity index (χ1n) is 6.80. The fraction of sp³-hybridized carbons (Fsp3) is 0.353. The van der Waals surface area contributed by atoms with E-state index in [0.717, 1.165) is 35.7 Å². The number of nitrogens with zero attached hydrogens (tertiary/aromatic N) is 1. The monoisotopic (exact) mass is 253 g/mol. The number of ether oxygens (including phenoxy) is 1. The van der Waals surface area contributed by atoms with Gasteiger partial charge in [-0.25, -0.2) is 0 Å². The molecule has 2 nitrogen and oxygen atoms in total. The van der Waals surface area contributed by atoms with Crippen molar-refractivity contribution < 1.29 is 4.74 Å². The van der Waals surface area contributed by atoms with Gasteiger partial charge in [-0.3, -0.25) is 4.98 Å². The van der Waals surface area contributed by atoms with Gasteiger partial charge in [-0.2, -0.15) is 0 Å². The van der Waals surface area contributed by atoms with Crippen LogP contribution in [0.4, 0.5) is 0 Å². The summed E-state index contributed by atoms with van der Waals surface area (Å²) in [6.45, 7) is 6.57. The minimum atomic E-state index is 0.0776. The minimum Gasteiger partial charge on any atom is -0.455 e. The standard InChI is InChI=1S/C17H19NO/c1-17(2,3)16-11-10-15-13(18-16)9-8-12-6-4-5-7-14(12)19-15/h4-7,10-11H,8-9H2,1-3H3. The van der Waals surface area contributed by atoms with Crippen molar-refractivity contribution in [1.29, 1.82) is 0 Å². The SMILES string of the molecule is CC(C)(C)c1ccc2c(n1)CCc1ccccc1O2. The average Bonchev–Trinajstić information content (AvgIpc) is 2.55. The van der Waals surface area contributed by atoms with Gasteiger partial charge in [0.05, 0.1) is 5.69 Å². The summed E-state index contributed by atoms with van der Waals surface area (Å²) in [5, 5.41) is 0. The van der Waals surface area contributed by atoms with Crippen LogP contribution in [0.1, 0.15) is 37.7 Å². The zero-order valence-corrected chi connectivity index (χ0v) is 11.7. The number of aryl methyl sites for hydroxylation is 2. The Morgan fingerprint density at radius 2 is 1.74 bits per heavy atom. The molecule has 19 heavy (non-hydrogen) atoms. The lowest BCUT2D eigenvalue weighted by Gasteiger charge is -2.19. The Labute approximate surface area is 114 Å². The topological polar surface area (TPSA) is 22.1 Å². The van der Waals surface area contributed by atoms with Crippen molar-refractivity contribution in [1.82, 2.24) is 4.98 Å². The Kier molecular flexibility index (Phi) is 2.81. The average molecular weight is 253 g/mol. The molecule has 2 aromatic rings. The summed E-state index contributed by atoms with van der Waals surface area (Å²) in [4.78, 5) is 4.80. The molecular formula is C17H19NO. The molecule has 0 fully saturated rings. The molecular weight excluding hydrogens is 234 g/mol. The van der Waals surface area contributed by atoms with Gasteiger partial charge in [0, 0.05) is 11.1 Å². The molecule has 0 unspecified atom stereocenters. The summed E-state index contributed by atoms with van der Waals surface area (Å²) in [5.41, 5.74) is 3.54. The smallest absolute Gasteiger partial charge is 0.148 e. The fourth-order valence-electron chi connectivity index (χ4n) is 2.36. The largest absolute Gasteiger partial charge is 0.455 e. The van der Waals surface area contributed by atoms with Crippen LogP contribution in [0.3, 0.4) is 0 Å². The van der Waals surface area contributed by atoms with Crippen molar-refractivity contribution in [3.63, 3.8) is 0 Å². The lowest BCUT2D eigenvalue weighted by atomic mass is 9.91. The molecule has 0 spiro atoms. The van der Waals surface area contributed by atoms with E-state index < -0.39 is 0 Å². The van der Waals surface area contributed by atoms with E-state index in [2.05, 4.69) is 45.0 Å². The van der Waals surface area contributed by atoms with Gasteiger partial charge in [-0.05, 0) is 36.6 Å². The van der Waals surface area contributed by atoms with Crippen LogP contribution in [0.2, 0.25) is 0 Å². The van der Waals surface area contributed by atoms with Crippen LogP contribution in [0, 0.1) is 0 Å². The van der Waals surface area contributed by atoms with Gasteiger partial charge in [0.1, 0.15) is 11.5 Å². The molecule has 0 aliphatic carbocycles. The number of aromatic nitrogens is 1. The third-order valence-electron chi connectivity index (χ3n) is 3.52. The Hall–Kier alpha value is -1.83. The van der Waals surface area contributed by atoms with Crippen LogP contribution in [-0.4, -0.2) is 4.98 Å². The maximum Gasteiger partial charge on any atom is 0.148 e. The van der Waals surface area contributed by atoms with Crippen LogP contribution in [0.25, 0.3) is 0 Å². The van der Waals surface area contributed by atoms with Gasteiger partial charge in [-0.15, -0.1) is 0 Å². The van der Waals surface area contributed by atoms with Gasteiger partial charge in [0.25, 0.3) is 0 Å². The number of pyridine rings is 1.